The first-order chi connectivity index (χ1) is 15.7. The number of rotatable bonds is 9. The number of carbonyl (C=O) groups excluding carboxylic acids is 1. The zero-order valence-electron chi connectivity index (χ0n) is 18.6. The summed E-state index contributed by atoms with van der Waals surface area (Å²) in [5, 5.41) is 2.98. The quantitative estimate of drug-likeness (QED) is 0.562. The molecule has 1 amide bonds. The predicted molar refractivity (Wildman–Crippen MR) is 127 cm³/mol. The van der Waals surface area contributed by atoms with Crippen molar-refractivity contribution in [1.29, 1.82) is 0 Å². The summed E-state index contributed by atoms with van der Waals surface area (Å²) >= 11 is 0. The van der Waals surface area contributed by atoms with Gasteiger partial charge >= 0.3 is 0 Å². The van der Waals surface area contributed by atoms with Crippen LogP contribution in [0.3, 0.4) is 0 Å². The van der Waals surface area contributed by atoms with Crippen molar-refractivity contribution >= 4 is 11.6 Å². The monoisotopic (exact) mass is 433 g/mol. The van der Waals surface area contributed by atoms with E-state index in [1.165, 1.54) is 0 Å². The van der Waals surface area contributed by atoms with Crippen LogP contribution in [0.1, 0.15) is 6.92 Å². The highest BCUT2D eigenvalue weighted by atomic mass is 16.5. The number of nitrogens with zero attached hydrogens (tertiary/aromatic N) is 4. The van der Waals surface area contributed by atoms with Crippen molar-refractivity contribution in [2.75, 3.05) is 51.2 Å². The Kier molecular flexibility index (Phi) is 7.53. The Morgan fingerprint density at radius 1 is 0.969 bits per heavy atom. The Morgan fingerprint density at radius 3 is 2.41 bits per heavy atom. The molecule has 0 saturated carbocycles. The van der Waals surface area contributed by atoms with E-state index in [0.717, 1.165) is 62.1 Å². The Balaban J connectivity index is 1.19. The van der Waals surface area contributed by atoms with Gasteiger partial charge in [0.25, 0.3) is 0 Å². The number of ether oxygens (including phenoxy) is 1. The van der Waals surface area contributed by atoms with E-state index in [0.29, 0.717) is 13.2 Å². The van der Waals surface area contributed by atoms with Crippen LogP contribution in [0.5, 0.6) is 5.75 Å². The molecular formula is C25H31N5O2. The minimum atomic E-state index is 0.0218. The second kappa shape index (κ2) is 10.9. The SMILES string of the molecule is CCOc1ccc(NC(=O)CN2CCN(CCn3ccnc3-c3ccccc3)CC2)cc1. The molecule has 3 aromatic rings. The van der Waals surface area contributed by atoms with E-state index in [2.05, 4.69) is 36.8 Å². The zero-order chi connectivity index (χ0) is 22.2. The Hall–Kier alpha value is -3.16. The summed E-state index contributed by atoms with van der Waals surface area (Å²) in [5.74, 6) is 1.84. The number of anilines is 1. The van der Waals surface area contributed by atoms with Crippen LogP contribution >= 0.6 is 0 Å². The number of piperazine rings is 1. The van der Waals surface area contributed by atoms with Crippen molar-refractivity contribution in [2.24, 2.45) is 0 Å². The highest BCUT2D eigenvalue weighted by Gasteiger charge is 2.19. The number of nitrogens with one attached hydrogen (secondary N) is 1. The highest BCUT2D eigenvalue weighted by Crippen LogP contribution is 2.17. The molecule has 1 fully saturated rings. The first-order valence-corrected chi connectivity index (χ1v) is 11.3. The first kappa shape index (κ1) is 22.0. The molecule has 0 spiro atoms. The highest BCUT2D eigenvalue weighted by molar-refractivity contribution is 5.92. The van der Waals surface area contributed by atoms with Crippen LogP contribution in [0.25, 0.3) is 11.4 Å². The fraction of sp³-hybridized carbons (Fsp3) is 0.360. The maximum Gasteiger partial charge on any atom is 0.238 e. The van der Waals surface area contributed by atoms with E-state index < -0.39 is 0 Å². The minimum absolute atomic E-state index is 0.0218. The van der Waals surface area contributed by atoms with Crippen LogP contribution < -0.4 is 10.1 Å². The van der Waals surface area contributed by atoms with Crippen molar-refractivity contribution in [3.63, 3.8) is 0 Å². The maximum absolute atomic E-state index is 12.4. The molecule has 2 heterocycles. The average Bonchev–Trinajstić information content (AvgIpc) is 3.29. The second-order valence-corrected chi connectivity index (χ2v) is 7.93. The molecule has 0 atom stereocenters. The molecule has 7 heteroatoms. The topological polar surface area (TPSA) is 62.6 Å². The van der Waals surface area contributed by atoms with Gasteiger partial charge in [-0.15, -0.1) is 0 Å². The molecule has 0 radical (unpaired) electrons. The van der Waals surface area contributed by atoms with Crippen LogP contribution in [-0.2, 0) is 11.3 Å². The molecule has 1 saturated heterocycles. The molecule has 168 valence electrons. The first-order valence-electron chi connectivity index (χ1n) is 11.3. The number of amides is 1. The summed E-state index contributed by atoms with van der Waals surface area (Å²) in [7, 11) is 0. The summed E-state index contributed by atoms with van der Waals surface area (Å²) in [6.45, 7) is 8.60. The maximum atomic E-state index is 12.4. The number of imidazole rings is 1. The summed E-state index contributed by atoms with van der Waals surface area (Å²) in [5.41, 5.74) is 1.94. The fourth-order valence-corrected chi connectivity index (χ4v) is 3.96. The molecule has 7 nitrogen and oxygen atoms in total. The van der Waals surface area contributed by atoms with Gasteiger partial charge in [-0.1, -0.05) is 30.3 Å². The lowest BCUT2D eigenvalue weighted by atomic mass is 10.2. The van der Waals surface area contributed by atoms with Crippen molar-refractivity contribution in [3.05, 3.63) is 67.0 Å². The molecule has 4 rings (SSSR count). The van der Waals surface area contributed by atoms with Crippen LogP contribution in [0.4, 0.5) is 5.69 Å². The number of carbonyl (C=O) groups is 1. The van der Waals surface area contributed by atoms with Gasteiger partial charge in [0.15, 0.2) is 0 Å². The summed E-state index contributed by atoms with van der Waals surface area (Å²) in [6.07, 6.45) is 3.91. The second-order valence-electron chi connectivity index (χ2n) is 7.93. The van der Waals surface area contributed by atoms with Gasteiger partial charge in [0.1, 0.15) is 11.6 Å². The summed E-state index contributed by atoms with van der Waals surface area (Å²) in [4.78, 5) is 21.6. The molecule has 1 N–H and O–H groups in total. The van der Waals surface area contributed by atoms with E-state index in [4.69, 9.17) is 4.74 Å². The third-order valence-electron chi connectivity index (χ3n) is 5.69. The van der Waals surface area contributed by atoms with E-state index >= 15 is 0 Å². The van der Waals surface area contributed by atoms with Crippen LogP contribution in [0.2, 0.25) is 0 Å². The lowest BCUT2D eigenvalue weighted by molar-refractivity contribution is -0.117. The largest absolute Gasteiger partial charge is 0.494 e. The van der Waals surface area contributed by atoms with Crippen LogP contribution in [0.15, 0.2) is 67.0 Å². The van der Waals surface area contributed by atoms with Gasteiger partial charge < -0.3 is 14.6 Å². The Bertz CT molecular complexity index is 979. The smallest absolute Gasteiger partial charge is 0.238 e. The number of benzene rings is 2. The molecule has 1 aliphatic rings. The number of hydrogen-bond donors (Lipinski definition) is 1. The van der Waals surface area contributed by atoms with Gasteiger partial charge in [-0.25, -0.2) is 4.98 Å². The zero-order valence-corrected chi connectivity index (χ0v) is 18.6. The third kappa shape index (κ3) is 5.96. The molecular weight excluding hydrogens is 402 g/mol. The third-order valence-corrected chi connectivity index (χ3v) is 5.69. The van der Waals surface area contributed by atoms with Gasteiger partial charge in [0.05, 0.1) is 13.2 Å². The molecule has 1 aliphatic heterocycles. The minimum Gasteiger partial charge on any atom is -0.494 e. The van der Waals surface area contributed by atoms with E-state index in [-0.39, 0.29) is 5.91 Å². The van der Waals surface area contributed by atoms with Crippen molar-refractivity contribution in [2.45, 2.75) is 13.5 Å². The van der Waals surface area contributed by atoms with Crippen molar-refractivity contribution in [3.8, 4) is 17.1 Å². The van der Waals surface area contributed by atoms with Gasteiger partial charge in [0, 0.05) is 62.9 Å². The van der Waals surface area contributed by atoms with E-state index in [1.54, 1.807) is 0 Å². The molecule has 0 aliphatic carbocycles. The molecule has 2 aromatic carbocycles. The van der Waals surface area contributed by atoms with E-state index in [9.17, 15) is 4.79 Å². The summed E-state index contributed by atoms with van der Waals surface area (Å²) < 4.78 is 7.65. The van der Waals surface area contributed by atoms with Gasteiger partial charge in [0.2, 0.25) is 5.91 Å². The fourth-order valence-electron chi connectivity index (χ4n) is 3.96. The van der Waals surface area contributed by atoms with Gasteiger partial charge in [-0.3, -0.25) is 14.6 Å². The Morgan fingerprint density at radius 2 is 1.69 bits per heavy atom. The molecule has 0 unspecified atom stereocenters. The average molecular weight is 434 g/mol. The van der Waals surface area contributed by atoms with Crippen LogP contribution in [-0.4, -0.2) is 71.1 Å². The lowest BCUT2D eigenvalue weighted by Crippen LogP contribution is -2.49. The molecule has 0 bridgehead atoms. The van der Waals surface area contributed by atoms with Gasteiger partial charge in [-0.05, 0) is 31.2 Å². The normalized spacial score (nSPS) is 14.9. The molecule has 1 aromatic heterocycles. The predicted octanol–water partition coefficient (Wildman–Crippen LogP) is 3.21. The van der Waals surface area contributed by atoms with Crippen LogP contribution in [0, 0.1) is 0 Å². The number of aromatic nitrogens is 2. The number of hydrogen-bond acceptors (Lipinski definition) is 5. The van der Waals surface area contributed by atoms with Crippen molar-refractivity contribution < 1.29 is 9.53 Å². The van der Waals surface area contributed by atoms with Gasteiger partial charge in [-0.2, -0.15) is 0 Å². The lowest BCUT2D eigenvalue weighted by Gasteiger charge is -2.34. The standard InChI is InChI=1S/C25H31N5O2/c1-2-32-23-10-8-22(9-11-23)27-24(31)20-29-16-14-28(15-17-29)18-19-30-13-12-26-25(30)21-6-4-3-5-7-21/h3-13H,2,14-20H2,1H3,(H,27,31). The van der Waals surface area contributed by atoms with E-state index in [1.807, 2.05) is 61.8 Å². The van der Waals surface area contributed by atoms with Crippen molar-refractivity contribution in [1.82, 2.24) is 19.4 Å². The molecule has 32 heavy (non-hydrogen) atoms. The summed E-state index contributed by atoms with van der Waals surface area (Å²) in [6, 6.07) is 17.8. The Labute approximate surface area is 189 Å².